The third-order valence-corrected chi connectivity index (χ3v) is 6.15. The van der Waals surface area contributed by atoms with E-state index >= 15 is 0 Å². The Hall–Kier alpha value is -1.07. The molecule has 3 saturated heterocycles. The molecule has 5 rings (SSSR count). The second-order valence-corrected chi connectivity index (χ2v) is 8.02. The molecule has 5 heteroatoms. The number of halogens is 1. The summed E-state index contributed by atoms with van der Waals surface area (Å²) in [6, 6.07) is 8.38. The number of rotatable bonds is 3. The van der Waals surface area contributed by atoms with E-state index in [1.54, 1.807) is 0 Å². The molecule has 4 aliphatic rings. The highest BCUT2D eigenvalue weighted by Crippen LogP contribution is 2.49. The topological polar surface area (TPSA) is 41.6 Å². The molecule has 1 atom stereocenters. The van der Waals surface area contributed by atoms with Crippen molar-refractivity contribution in [3.63, 3.8) is 0 Å². The van der Waals surface area contributed by atoms with Gasteiger partial charge in [-0.2, -0.15) is 0 Å². The summed E-state index contributed by atoms with van der Waals surface area (Å²) in [6.45, 7) is 3.46. The number of benzene rings is 1. The number of nitrogens with zero attached hydrogens (tertiary/aromatic N) is 1. The lowest BCUT2D eigenvalue weighted by atomic mass is 9.91. The molecular weight excluding hydrogens is 356 g/mol. The molecule has 1 aromatic carbocycles. The Morgan fingerprint density at radius 3 is 2.43 bits per heavy atom. The van der Waals surface area contributed by atoms with E-state index in [1.807, 2.05) is 24.3 Å². The summed E-state index contributed by atoms with van der Waals surface area (Å²) in [5, 5.41) is 3.17. The fourth-order valence-corrected chi connectivity index (χ4v) is 4.27. The highest BCUT2D eigenvalue weighted by molar-refractivity contribution is 9.10. The fourth-order valence-electron chi connectivity index (χ4n) is 4.00. The third-order valence-electron chi connectivity index (χ3n) is 5.62. The second-order valence-electron chi connectivity index (χ2n) is 7.11. The molecule has 1 saturated carbocycles. The van der Waals surface area contributed by atoms with Crippen LogP contribution in [0.25, 0.3) is 0 Å². The van der Waals surface area contributed by atoms with Crippen LogP contribution in [0.1, 0.15) is 37.7 Å². The SMILES string of the molecule is O=C(NC1CCN2CCC1CC2)OC1(c2ccc(Br)cc2)CC1. The number of fused-ring (bicyclic) bond motifs is 4. The summed E-state index contributed by atoms with van der Waals surface area (Å²) < 4.78 is 6.89. The van der Waals surface area contributed by atoms with Gasteiger partial charge in [0.25, 0.3) is 0 Å². The molecular formula is C18H23BrN2O2. The number of carbonyl (C=O) groups excluding carboxylic acids is 1. The molecule has 1 aliphatic carbocycles. The third kappa shape index (κ3) is 3.26. The number of piperidine rings is 1. The zero-order valence-corrected chi connectivity index (χ0v) is 14.8. The molecule has 1 unspecified atom stereocenters. The highest BCUT2D eigenvalue weighted by Gasteiger charge is 2.49. The van der Waals surface area contributed by atoms with Crippen LogP contribution < -0.4 is 5.32 Å². The first-order valence-electron chi connectivity index (χ1n) is 8.63. The van der Waals surface area contributed by atoms with Crippen LogP contribution in [0.5, 0.6) is 0 Å². The molecule has 3 heterocycles. The molecule has 124 valence electrons. The van der Waals surface area contributed by atoms with Crippen LogP contribution in [0, 0.1) is 5.92 Å². The number of hydrogen-bond acceptors (Lipinski definition) is 3. The Bertz CT molecular complexity index is 577. The molecule has 0 radical (unpaired) electrons. The first-order chi connectivity index (χ1) is 11.1. The van der Waals surface area contributed by atoms with Crippen molar-refractivity contribution in [3.05, 3.63) is 34.3 Å². The molecule has 3 aliphatic heterocycles. The lowest BCUT2D eigenvalue weighted by molar-refractivity contribution is 0.0754. The molecule has 1 aromatic rings. The molecule has 4 fully saturated rings. The summed E-state index contributed by atoms with van der Waals surface area (Å²) in [5.74, 6) is 0.615. The van der Waals surface area contributed by atoms with E-state index in [0.29, 0.717) is 5.92 Å². The number of hydrogen-bond donors (Lipinski definition) is 1. The average Bonchev–Trinajstić information content (AvgIpc) is 3.36. The van der Waals surface area contributed by atoms with Crippen LogP contribution in [0.15, 0.2) is 28.7 Å². The largest absolute Gasteiger partial charge is 0.438 e. The maximum atomic E-state index is 12.4. The molecule has 1 amide bonds. The molecule has 0 aromatic heterocycles. The molecule has 1 N–H and O–H groups in total. The van der Waals surface area contributed by atoms with Gasteiger partial charge >= 0.3 is 6.09 Å². The van der Waals surface area contributed by atoms with Crippen molar-refractivity contribution in [2.45, 2.75) is 43.7 Å². The maximum Gasteiger partial charge on any atom is 0.408 e. The van der Waals surface area contributed by atoms with Crippen LogP contribution in [-0.2, 0) is 10.3 Å². The predicted molar refractivity (Wildman–Crippen MR) is 92.2 cm³/mol. The van der Waals surface area contributed by atoms with Crippen molar-refractivity contribution in [3.8, 4) is 0 Å². The van der Waals surface area contributed by atoms with E-state index in [9.17, 15) is 4.79 Å². The molecule has 23 heavy (non-hydrogen) atoms. The summed E-state index contributed by atoms with van der Waals surface area (Å²) in [4.78, 5) is 14.9. The van der Waals surface area contributed by atoms with Gasteiger partial charge in [0.15, 0.2) is 0 Å². The first-order valence-corrected chi connectivity index (χ1v) is 9.42. The van der Waals surface area contributed by atoms with Crippen molar-refractivity contribution in [2.75, 3.05) is 19.6 Å². The maximum absolute atomic E-state index is 12.4. The van der Waals surface area contributed by atoms with Gasteiger partial charge in [0, 0.05) is 17.1 Å². The van der Waals surface area contributed by atoms with Gasteiger partial charge in [0.1, 0.15) is 5.60 Å². The van der Waals surface area contributed by atoms with Crippen LogP contribution >= 0.6 is 15.9 Å². The van der Waals surface area contributed by atoms with Crippen molar-refractivity contribution < 1.29 is 9.53 Å². The summed E-state index contributed by atoms with van der Waals surface area (Å²) in [5.41, 5.74) is 0.709. The fraction of sp³-hybridized carbons (Fsp3) is 0.611. The summed E-state index contributed by atoms with van der Waals surface area (Å²) in [7, 11) is 0. The van der Waals surface area contributed by atoms with Crippen LogP contribution in [0.3, 0.4) is 0 Å². The lowest BCUT2D eigenvalue weighted by Gasteiger charge is -2.29. The van der Waals surface area contributed by atoms with Gasteiger partial charge in [-0.1, -0.05) is 28.1 Å². The first kappa shape index (κ1) is 15.5. The lowest BCUT2D eigenvalue weighted by Crippen LogP contribution is -2.42. The zero-order chi connectivity index (χ0) is 15.9. The van der Waals surface area contributed by atoms with Crippen LogP contribution in [-0.4, -0.2) is 36.7 Å². The molecule has 0 spiro atoms. The van der Waals surface area contributed by atoms with Gasteiger partial charge in [-0.05, 0) is 68.8 Å². The smallest absolute Gasteiger partial charge is 0.408 e. The van der Waals surface area contributed by atoms with Crippen LogP contribution in [0.2, 0.25) is 0 Å². The van der Waals surface area contributed by atoms with E-state index in [-0.39, 0.29) is 12.1 Å². The van der Waals surface area contributed by atoms with Crippen molar-refractivity contribution in [2.24, 2.45) is 5.92 Å². The number of nitrogens with one attached hydrogen (secondary N) is 1. The van der Waals surface area contributed by atoms with E-state index in [1.165, 1.54) is 25.9 Å². The highest BCUT2D eigenvalue weighted by atomic mass is 79.9. The Balaban J connectivity index is 1.39. The minimum Gasteiger partial charge on any atom is -0.438 e. The summed E-state index contributed by atoms with van der Waals surface area (Å²) in [6.07, 6.45) is 5.04. The van der Waals surface area contributed by atoms with Crippen molar-refractivity contribution in [1.82, 2.24) is 10.2 Å². The number of carbonyl (C=O) groups is 1. The monoisotopic (exact) mass is 378 g/mol. The second kappa shape index (κ2) is 6.10. The van der Waals surface area contributed by atoms with E-state index < -0.39 is 5.60 Å². The van der Waals surface area contributed by atoms with Crippen molar-refractivity contribution >= 4 is 22.0 Å². The van der Waals surface area contributed by atoms with Gasteiger partial charge < -0.3 is 15.0 Å². The van der Waals surface area contributed by atoms with E-state index in [2.05, 4.69) is 26.1 Å². The standard InChI is InChI=1S/C18H23BrN2O2/c19-15-3-1-14(2-4-15)18(8-9-18)23-17(22)20-16-7-12-21-10-5-13(16)6-11-21/h1-4,13,16H,5-12H2,(H,20,22). The van der Waals surface area contributed by atoms with Gasteiger partial charge in [-0.3, -0.25) is 0 Å². The Morgan fingerprint density at radius 1 is 1.13 bits per heavy atom. The van der Waals surface area contributed by atoms with Gasteiger partial charge in [0.05, 0.1) is 0 Å². The Labute approximate surface area is 145 Å². The van der Waals surface area contributed by atoms with Gasteiger partial charge in [0.2, 0.25) is 0 Å². The number of amides is 1. The average molecular weight is 379 g/mol. The number of ether oxygens (including phenoxy) is 1. The zero-order valence-electron chi connectivity index (χ0n) is 13.3. The quantitative estimate of drug-likeness (QED) is 0.872. The molecule has 4 nitrogen and oxygen atoms in total. The normalized spacial score (nSPS) is 31.3. The summed E-state index contributed by atoms with van der Waals surface area (Å²) >= 11 is 3.45. The number of alkyl carbamates (subject to hydrolysis) is 1. The predicted octanol–water partition coefficient (Wildman–Crippen LogP) is 3.65. The van der Waals surface area contributed by atoms with Crippen LogP contribution in [0.4, 0.5) is 4.79 Å². The van der Waals surface area contributed by atoms with Crippen molar-refractivity contribution in [1.29, 1.82) is 0 Å². The van der Waals surface area contributed by atoms with E-state index in [0.717, 1.165) is 35.8 Å². The van der Waals surface area contributed by atoms with Gasteiger partial charge in [-0.15, -0.1) is 0 Å². The molecule has 2 bridgehead atoms. The minimum absolute atomic E-state index is 0.240. The Morgan fingerprint density at radius 2 is 1.78 bits per heavy atom. The minimum atomic E-state index is -0.392. The Kier molecular flexibility index (Phi) is 4.10. The van der Waals surface area contributed by atoms with E-state index in [4.69, 9.17) is 4.74 Å². The van der Waals surface area contributed by atoms with Gasteiger partial charge in [-0.25, -0.2) is 4.79 Å².